The van der Waals surface area contributed by atoms with Crippen molar-refractivity contribution in [2.24, 2.45) is 0 Å². The zero-order valence-corrected chi connectivity index (χ0v) is 19.2. The minimum absolute atomic E-state index is 0.273. The lowest BCUT2D eigenvalue weighted by Gasteiger charge is -2.16. The van der Waals surface area contributed by atoms with E-state index in [1.54, 1.807) is 0 Å². The number of nitrogens with zero attached hydrogens (tertiary/aromatic N) is 1. The molecule has 1 aliphatic rings. The maximum atomic E-state index is 9.86. The molecule has 166 valence electrons. The van der Waals surface area contributed by atoms with Crippen molar-refractivity contribution >= 4 is 33.7 Å². The maximum absolute atomic E-state index is 9.86. The molecule has 2 unspecified atom stereocenters. The Bertz CT molecular complexity index is 1280. The van der Waals surface area contributed by atoms with Gasteiger partial charge in [-0.15, -0.1) is 11.8 Å². The van der Waals surface area contributed by atoms with Crippen molar-refractivity contribution in [3.05, 3.63) is 54.2 Å². The summed E-state index contributed by atoms with van der Waals surface area (Å²) in [6.45, 7) is 6.25. The zero-order valence-electron chi connectivity index (χ0n) is 18.3. The fourth-order valence-corrected chi connectivity index (χ4v) is 4.85. The van der Waals surface area contributed by atoms with Gasteiger partial charge in [0.05, 0.1) is 12.1 Å². The number of H-pyrrole nitrogens is 1. The number of rotatable bonds is 6. The molecule has 0 aliphatic carbocycles. The number of benzene rings is 2. The number of thioether (sulfide) groups is 1. The normalized spacial score (nSPS) is 20.9. The molecule has 1 aliphatic heterocycles. The summed E-state index contributed by atoms with van der Waals surface area (Å²) in [5.74, 6) is 0.188. The van der Waals surface area contributed by atoms with Crippen molar-refractivity contribution in [1.82, 2.24) is 9.97 Å². The van der Waals surface area contributed by atoms with Gasteiger partial charge in [0.2, 0.25) is 0 Å². The van der Waals surface area contributed by atoms with E-state index in [-0.39, 0.29) is 19.3 Å². The fourth-order valence-electron chi connectivity index (χ4n) is 4.14. The third-order valence-electron chi connectivity index (χ3n) is 5.51. The van der Waals surface area contributed by atoms with Crippen LogP contribution >= 0.6 is 11.8 Å². The molecule has 2 aromatic carbocycles. The number of fused-ring (bicyclic) bond motifs is 3. The van der Waals surface area contributed by atoms with Gasteiger partial charge in [-0.3, -0.25) is 0 Å². The van der Waals surface area contributed by atoms with Crippen LogP contribution in [-0.2, 0) is 9.47 Å². The highest BCUT2D eigenvalue weighted by Gasteiger charge is 2.35. The monoisotopic (exact) mass is 450 g/mol. The molecule has 7 heteroatoms. The van der Waals surface area contributed by atoms with E-state index in [4.69, 9.17) is 14.2 Å². The molecule has 4 aromatic rings. The number of hydrogen-bond donors (Lipinski definition) is 2. The first-order valence-corrected chi connectivity index (χ1v) is 11.7. The third kappa shape index (κ3) is 4.09. The molecule has 1 fully saturated rings. The lowest BCUT2D eigenvalue weighted by atomic mass is 9.99. The van der Waals surface area contributed by atoms with E-state index in [0.29, 0.717) is 5.75 Å². The summed E-state index contributed by atoms with van der Waals surface area (Å²) in [5, 5.41) is 12.0. The molecular formula is C25H26N2O4S. The number of pyridine rings is 1. The van der Waals surface area contributed by atoms with Gasteiger partial charge in [-0.25, -0.2) is 4.98 Å². The molecule has 0 saturated carbocycles. The standard InChI is InChI=1S/C25H26N2O4S/c1-4-32-18-7-5-6-16(11-18)19-8-9-21(29-13-17-14-30-25(3,28)31-17)23-22(19)20-10-15(2)12-26-24(20)27-23/h5-12,17,28H,4,13-14H2,1-3H3,(H,26,27). The van der Waals surface area contributed by atoms with Gasteiger partial charge >= 0.3 is 0 Å². The summed E-state index contributed by atoms with van der Waals surface area (Å²) in [6, 6.07) is 14.9. The Morgan fingerprint density at radius 1 is 1.28 bits per heavy atom. The van der Waals surface area contributed by atoms with Crippen molar-refractivity contribution in [1.29, 1.82) is 0 Å². The first kappa shape index (κ1) is 21.3. The minimum Gasteiger partial charge on any atom is -0.489 e. The quantitative estimate of drug-likeness (QED) is 0.390. The average molecular weight is 451 g/mol. The Morgan fingerprint density at radius 3 is 2.94 bits per heavy atom. The van der Waals surface area contributed by atoms with E-state index in [1.165, 1.54) is 11.8 Å². The molecule has 32 heavy (non-hydrogen) atoms. The Hall–Kier alpha value is -2.58. The lowest BCUT2D eigenvalue weighted by molar-refractivity contribution is -0.299. The second-order valence-corrected chi connectivity index (χ2v) is 9.45. The molecular weight excluding hydrogens is 424 g/mol. The topological polar surface area (TPSA) is 76.6 Å². The second kappa shape index (κ2) is 8.41. The molecule has 1 saturated heterocycles. The van der Waals surface area contributed by atoms with Gasteiger partial charge in [0.15, 0.2) is 0 Å². The Morgan fingerprint density at radius 2 is 2.16 bits per heavy atom. The van der Waals surface area contributed by atoms with E-state index >= 15 is 0 Å². The van der Waals surface area contributed by atoms with Crippen LogP contribution < -0.4 is 4.74 Å². The third-order valence-corrected chi connectivity index (χ3v) is 6.38. The smallest absolute Gasteiger partial charge is 0.277 e. The number of nitrogens with one attached hydrogen (secondary N) is 1. The Labute approximate surface area is 190 Å². The van der Waals surface area contributed by atoms with E-state index in [9.17, 15) is 5.11 Å². The van der Waals surface area contributed by atoms with Gasteiger partial charge in [0.1, 0.15) is 24.1 Å². The van der Waals surface area contributed by atoms with Crippen LogP contribution in [0.25, 0.3) is 33.1 Å². The average Bonchev–Trinajstić information content (AvgIpc) is 3.32. The summed E-state index contributed by atoms with van der Waals surface area (Å²) in [5.41, 5.74) is 5.11. The van der Waals surface area contributed by atoms with Gasteiger partial charge in [0, 0.05) is 28.8 Å². The van der Waals surface area contributed by atoms with Crippen molar-refractivity contribution < 1.29 is 19.3 Å². The SMILES string of the molecule is CCSc1cccc(-c2ccc(OCC3COC(C)(O)O3)c3[nH]c4ncc(C)cc4c23)c1. The molecule has 3 heterocycles. The number of hydrogen-bond acceptors (Lipinski definition) is 6. The van der Waals surface area contributed by atoms with E-state index in [2.05, 4.69) is 53.3 Å². The number of ether oxygens (including phenoxy) is 3. The van der Waals surface area contributed by atoms with Gasteiger partial charge in [0.25, 0.3) is 5.97 Å². The van der Waals surface area contributed by atoms with Crippen LogP contribution in [0.15, 0.2) is 53.6 Å². The number of aromatic nitrogens is 2. The van der Waals surface area contributed by atoms with Crippen LogP contribution in [0.1, 0.15) is 19.4 Å². The van der Waals surface area contributed by atoms with Gasteiger partial charge < -0.3 is 24.3 Å². The molecule has 0 radical (unpaired) electrons. The van der Waals surface area contributed by atoms with E-state index in [0.717, 1.165) is 44.4 Å². The number of aryl methyl sites for hydroxylation is 1. The molecule has 0 bridgehead atoms. The predicted octanol–water partition coefficient (Wildman–Crippen LogP) is 5.26. The maximum Gasteiger partial charge on any atom is 0.277 e. The highest BCUT2D eigenvalue weighted by Crippen LogP contribution is 2.40. The minimum atomic E-state index is -1.56. The van der Waals surface area contributed by atoms with E-state index in [1.807, 2.05) is 30.9 Å². The summed E-state index contributed by atoms with van der Waals surface area (Å²) in [7, 11) is 0. The van der Waals surface area contributed by atoms with Crippen molar-refractivity contribution in [2.45, 2.75) is 37.7 Å². The number of aliphatic hydroxyl groups is 1. The first-order chi connectivity index (χ1) is 15.4. The van der Waals surface area contributed by atoms with E-state index < -0.39 is 5.97 Å². The van der Waals surface area contributed by atoms with Crippen LogP contribution in [0.2, 0.25) is 0 Å². The molecule has 2 N–H and O–H groups in total. The van der Waals surface area contributed by atoms with Crippen molar-refractivity contribution in [3.8, 4) is 16.9 Å². The van der Waals surface area contributed by atoms with Crippen LogP contribution in [-0.4, -0.2) is 46.1 Å². The highest BCUT2D eigenvalue weighted by molar-refractivity contribution is 7.99. The Balaban J connectivity index is 1.59. The number of aromatic amines is 1. The molecule has 0 amide bonds. The summed E-state index contributed by atoms with van der Waals surface area (Å²) >= 11 is 1.83. The summed E-state index contributed by atoms with van der Waals surface area (Å²) < 4.78 is 16.8. The fraction of sp³-hybridized carbons (Fsp3) is 0.320. The molecule has 2 aromatic heterocycles. The Kier molecular flexibility index (Phi) is 5.59. The van der Waals surface area contributed by atoms with Gasteiger partial charge in [-0.2, -0.15) is 0 Å². The summed E-state index contributed by atoms with van der Waals surface area (Å²) in [6.07, 6.45) is 1.52. The predicted molar refractivity (Wildman–Crippen MR) is 127 cm³/mol. The molecule has 2 atom stereocenters. The first-order valence-electron chi connectivity index (χ1n) is 10.7. The van der Waals surface area contributed by atoms with Gasteiger partial charge in [-0.1, -0.05) is 19.1 Å². The summed E-state index contributed by atoms with van der Waals surface area (Å²) in [4.78, 5) is 9.31. The molecule has 6 nitrogen and oxygen atoms in total. The van der Waals surface area contributed by atoms with Crippen LogP contribution in [0, 0.1) is 6.92 Å². The van der Waals surface area contributed by atoms with Crippen LogP contribution in [0.4, 0.5) is 0 Å². The van der Waals surface area contributed by atoms with Crippen LogP contribution in [0.5, 0.6) is 5.75 Å². The van der Waals surface area contributed by atoms with Crippen LogP contribution in [0.3, 0.4) is 0 Å². The largest absolute Gasteiger partial charge is 0.489 e. The lowest BCUT2D eigenvalue weighted by Crippen LogP contribution is -2.27. The molecule has 0 spiro atoms. The van der Waals surface area contributed by atoms with Gasteiger partial charge in [-0.05, 0) is 59.7 Å². The van der Waals surface area contributed by atoms with Crippen molar-refractivity contribution in [2.75, 3.05) is 19.0 Å². The van der Waals surface area contributed by atoms with Crippen molar-refractivity contribution in [3.63, 3.8) is 0 Å². The highest BCUT2D eigenvalue weighted by atomic mass is 32.2. The second-order valence-electron chi connectivity index (χ2n) is 8.12. The zero-order chi connectivity index (χ0) is 22.3. The molecule has 5 rings (SSSR count).